The van der Waals surface area contributed by atoms with Crippen molar-refractivity contribution in [3.05, 3.63) is 38.9 Å². The van der Waals surface area contributed by atoms with Gasteiger partial charge in [-0.1, -0.05) is 11.6 Å². The third-order valence-electron chi connectivity index (χ3n) is 3.66. The van der Waals surface area contributed by atoms with E-state index >= 15 is 0 Å². The van der Waals surface area contributed by atoms with E-state index in [-0.39, 0.29) is 23.2 Å². The molecule has 1 saturated heterocycles. The molecule has 1 fully saturated rings. The molecule has 1 aliphatic heterocycles. The fourth-order valence-corrected chi connectivity index (χ4v) is 3.89. The van der Waals surface area contributed by atoms with Crippen LogP contribution < -0.4 is 0 Å². The Morgan fingerprint density at radius 3 is 2.91 bits per heavy atom. The highest BCUT2D eigenvalue weighted by Gasteiger charge is 2.31. The Morgan fingerprint density at radius 2 is 2.26 bits per heavy atom. The molecule has 0 radical (unpaired) electrons. The monoisotopic (exact) mass is 357 g/mol. The van der Waals surface area contributed by atoms with Gasteiger partial charge in [0.25, 0.3) is 11.6 Å². The van der Waals surface area contributed by atoms with Gasteiger partial charge in [-0.3, -0.25) is 14.9 Å². The van der Waals surface area contributed by atoms with Crippen molar-refractivity contribution < 1.29 is 9.72 Å². The number of benzene rings is 1. The van der Waals surface area contributed by atoms with Crippen LogP contribution in [0.1, 0.15) is 16.8 Å². The Bertz CT molecular complexity index is 597. The maximum atomic E-state index is 13.0. The molecule has 6 nitrogen and oxygen atoms in total. The summed E-state index contributed by atoms with van der Waals surface area (Å²) in [6.45, 7) is 1.33. The first-order valence-electron chi connectivity index (χ1n) is 7.37. The molecule has 1 aromatic carbocycles. The Morgan fingerprint density at radius 1 is 1.52 bits per heavy atom. The second-order valence-electron chi connectivity index (χ2n) is 5.76. The van der Waals surface area contributed by atoms with E-state index in [0.29, 0.717) is 11.6 Å². The number of nitro groups is 1. The van der Waals surface area contributed by atoms with Gasteiger partial charge in [-0.25, -0.2) is 0 Å². The maximum Gasteiger partial charge on any atom is 0.282 e. The molecule has 2 rings (SSSR count). The first kappa shape index (κ1) is 18.0. The summed E-state index contributed by atoms with van der Waals surface area (Å²) in [4.78, 5) is 27.4. The van der Waals surface area contributed by atoms with Gasteiger partial charge in [0.2, 0.25) is 0 Å². The highest BCUT2D eigenvalue weighted by molar-refractivity contribution is 7.99. The minimum absolute atomic E-state index is 0.0311. The molecule has 0 saturated carbocycles. The lowest BCUT2D eigenvalue weighted by atomic mass is 10.1. The highest BCUT2D eigenvalue weighted by Crippen LogP contribution is 2.26. The molecule has 126 valence electrons. The van der Waals surface area contributed by atoms with Crippen LogP contribution >= 0.6 is 23.4 Å². The van der Waals surface area contributed by atoms with Gasteiger partial charge in [0.15, 0.2) is 0 Å². The van der Waals surface area contributed by atoms with Crippen LogP contribution in [0, 0.1) is 10.1 Å². The summed E-state index contributed by atoms with van der Waals surface area (Å²) in [6.07, 6.45) is 0.884. The van der Waals surface area contributed by atoms with Crippen LogP contribution in [0.25, 0.3) is 0 Å². The quantitative estimate of drug-likeness (QED) is 0.612. The van der Waals surface area contributed by atoms with E-state index in [1.807, 2.05) is 30.8 Å². The Hall–Kier alpha value is -1.31. The van der Waals surface area contributed by atoms with Crippen LogP contribution in [-0.2, 0) is 0 Å². The number of rotatable bonds is 4. The summed E-state index contributed by atoms with van der Waals surface area (Å²) >= 11 is 7.77. The summed E-state index contributed by atoms with van der Waals surface area (Å²) < 4.78 is 0. The average Bonchev–Trinajstić information content (AvgIpc) is 2.71. The number of hydrogen-bond acceptors (Lipinski definition) is 5. The zero-order chi connectivity index (χ0) is 17.0. The molecule has 1 amide bonds. The number of halogens is 1. The zero-order valence-electron chi connectivity index (χ0n) is 13.2. The van der Waals surface area contributed by atoms with Crippen molar-refractivity contribution >= 4 is 35.0 Å². The molecule has 1 aliphatic rings. The zero-order valence-corrected chi connectivity index (χ0v) is 14.8. The molecular weight excluding hydrogens is 338 g/mol. The van der Waals surface area contributed by atoms with E-state index in [9.17, 15) is 14.9 Å². The summed E-state index contributed by atoms with van der Waals surface area (Å²) in [5.41, 5.74) is -0.127. The minimum Gasteiger partial charge on any atom is -0.333 e. The van der Waals surface area contributed by atoms with Gasteiger partial charge in [-0.2, -0.15) is 11.8 Å². The van der Waals surface area contributed by atoms with Crippen molar-refractivity contribution in [1.82, 2.24) is 9.80 Å². The van der Waals surface area contributed by atoms with Crippen LogP contribution in [0.15, 0.2) is 18.2 Å². The van der Waals surface area contributed by atoms with E-state index in [2.05, 4.69) is 0 Å². The lowest BCUT2D eigenvalue weighted by molar-refractivity contribution is -0.385. The standard InChI is InChI=1S/C15H20ClN3O3S/c1-17(2)9-12-10-23-7-3-6-18(12)15(20)13-8-11(16)4-5-14(13)19(21)22/h4-5,8,12H,3,6-7,9-10H2,1-2H3. The van der Waals surface area contributed by atoms with E-state index < -0.39 is 4.92 Å². The van der Waals surface area contributed by atoms with Crippen LogP contribution in [0.3, 0.4) is 0 Å². The minimum atomic E-state index is -0.531. The Labute approximate surface area is 144 Å². The lowest BCUT2D eigenvalue weighted by Crippen LogP contribution is -2.46. The molecule has 0 aromatic heterocycles. The van der Waals surface area contributed by atoms with Gasteiger partial charge < -0.3 is 9.80 Å². The van der Waals surface area contributed by atoms with E-state index in [1.54, 1.807) is 4.90 Å². The van der Waals surface area contributed by atoms with Gasteiger partial charge in [0.05, 0.1) is 11.0 Å². The van der Waals surface area contributed by atoms with Gasteiger partial charge >= 0.3 is 0 Å². The fraction of sp³-hybridized carbons (Fsp3) is 0.533. The summed E-state index contributed by atoms with van der Waals surface area (Å²) in [5, 5.41) is 11.6. The second kappa shape index (κ2) is 7.99. The number of carbonyl (C=O) groups excluding carboxylic acids is 1. The first-order chi connectivity index (χ1) is 10.9. The molecule has 1 heterocycles. The second-order valence-corrected chi connectivity index (χ2v) is 7.35. The first-order valence-corrected chi connectivity index (χ1v) is 8.91. The number of nitrogens with zero attached hydrogens (tertiary/aromatic N) is 3. The van der Waals surface area contributed by atoms with Crippen LogP contribution in [0.2, 0.25) is 5.02 Å². The normalized spacial score (nSPS) is 18.8. The predicted octanol–water partition coefficient (Wildman–Crippen LogP) is 2.76. The molecule has 8 heteroatoms. The third kappa shape index (κ3) is 4.59. The number of thioether (sulfide) groups is 1. The van der Waals surface area contributed by atoms with Gasteiger partial charge in [0.1, 0.15) is 5.56 Å². The lowest BCUT2D eigenvalue weighted by Gasteiger charge is -2.31. The van der Waals surface area contributed by atoms with Crippen molar-refractivity contribution in [3.8, 4) is 0 Å². The predicted molar refractivity (Wildman–Crippen MR) is 93.4 cm³/mol. The molecule has 0 N–H and O–H groups in total. The maximum absolute atomic E-state index is 13.0. The number of amides is 1. The summed E-state index contributed by atoms with van der Waals surface area (Å²) in [6, 6.07) is 4.16. The fourth-order valence-electron chi connectivity index (χ4n) is 2.66. The van der Waals surface area contributed by atoms with Crippen LogP contribution in [0.4, 0.5) is 5.69 Å². The number of carbonyl (C=O) groups is 1. The van der Waals surface area contributed by atoms with Crippen LogP contribution in [-0.4, -0.2) is 65.4 Å². The smallest absolute Gasteiger partial charge is 0.282 e. The van der Waals surface area contributed by atoms with Crippen molar-refractivity contribution in [2.75, 3.05) is 38.7 Å². The summed E-state index contributed by atoms with van der Waals surface area (Å²) in [5.74, 6) is 1.51. The Balaban J connectivity index is 2.36. The molecule has 0 bridgehead atoms. The molecule has 0 spiro atoms. The molecule has 23 heavy (non-hydrogen) atoms. The van der Waals surface area contributed by atoms with Gasteiger partial charge in [-0.05, 0) is 38.4 Å². The molecular formula is C15H20ClN3O3S. The van der Waals surface area contributed by atoms with Crippen molar-refractivity contribution in [1.29, 1.82) is 0 Å². The third-order valence-corrected chi connectivity index (χ3v) is 5.09. The average molecular weight is 358 g/mol. The van der Waals surface area contributed by atoms with E-state index in [1.165, 1.54) is 18.2 Å². The van der Waals surface area contributed by atoms with Gasteiger partial charge in [0, 0.05) is 29.9 Å². The van der Waals surface area contributed by atoms with Gasteiger partial charge in [-0.15, -0.1) is 0 Å². The van der Waals surface area contributed by atoms with E-state index in [0.717, 1.165) is 24.5 Å². The van der Waals surface area contributed by atoms with E-state index in [4.69, 9.17) is 11.6 Å². The largest absolute Gasteiger partial charge is 0.333 e. The number of hydrogen-bond donors (Lipinski definition) is 0. The van der Waals surface area contributed by atoms with Crippen molar-refractivity contribution in [3.63, 3.8) is 0 Å². The molecule has 1 unspecified atom stereocenters. The Kier molecular flexibility index (Phi) is 6.26. The van der Waals surface area contributed by atoms with Crippen molar-refractivity contribution in [2.45, 2.75) is 12.5 Å². The molecule has 1 aromatic rings. The molecule has 1 atom stereocenters. The topological polar surface area (TPSA) is 66.7 Å². The number of nitro benzene ring substituents is 1. The number of likely N-dealkylation sites (N-methyl/N-ethyl adjacent to an activating group) is 1. The molecule has 0 aliphatic carbocycles. The van der Waals surface area contributed by atoms with Crippen molar-refractivity contribution in [2.24, 2.45) is 0 Å². The summed E-state index contributed by atoms with van der Waals surface area (Å²) in [7, 11) is 3.92. The van der Waals surface area contributed by atoms with Crippen LogP contribution in [0.5, 0.6) is 0 Å². The highest BCUT2D eigenvalue weighted by atomic mass is 35.5. The SMILES string of the molecule is CN(C)CC1CSCCCN1C(=O)c1cc(Cl)ccc1[N+](=O)[O-].